The Labute approximate surface area is 123 Å². The highest BCUT2D eigenvalue weighted by Gasteiger charge is 2.16. The van der Waals surface area contributed by atoms with E-state index >= 15 is 0 Å². The maximum absolute atomic E-state index is 11.6. The first kappa shape index (κ1) is 18.9. The average molecular weight is 298 g/mol. The van der Waals surface area contributed by atoms with E-state index in [-0.39, 0.29) is 5.75 Å². The van der Waals surface area contributed by atoms with Gasteiger partial charge in [-0.1, -0.05) is 64.7 Å². The van der Waals surface area contributed by atoms with Crippen molar-refractivity contribution in [3.63, 3.8) is 0 Å². The van der Waals surface area contributed by atoms with Gasteiger partial charge in [-0.25, -0.2) is 8.42 Å². The van der Waals surface area contributed by atoms with Gasteiger partial charge in [-0.3, -0.25) is 5.41 Å². The van der Waals surface area contributed by atoms with E-state index in [0.29, 0.717) is 6.42 Å². The molecule has 0 fully saturated rings. The fraction of sp³-hybridized carbons (Fsp3) is 0.800. The summed E-state index contributed by atoms with van der Waals surface area (Å²) in [6, 6.07) is 1.51. The van der Waals surface area contributed by atoms with Crippen LogP contribution in [0.3, 0.4) is 0 Å². The Morgan fingerprint density at radius 1 is 0.950 bits per heavy atom. The molecule has 0 aromatic carbocycles. The normalized spacial score (nSPS) is 10.8. The largest absolute Gasteiger partial charge is 0.257 e. The van der Waals surface area contributed by atoms with Gasteiger partial charge in [-0.15, -0.1) is 0 Å². The second kappa shape index (κ2) is 11.7. The van der Waals surface area contributed by atoms with E-state index in [9.17, 15) is 8.42 Å². The summed E-state index contributed by atoms with van der Waals surface area (Å²) in [5.41, 5.74) is 0. The van der Waals surface area contributed by atoms with Crippen molar-refractivity contribution < 1.29 is 8.42 Å². The van der Waals surface area contributed by atoms with E-state index < -0.39 is 14.7 Å². The average Bonchev–Trinajstić information content (AvgIpc) is 2.42. The van der Waals surface area contributed by atoms with Crippen LogP contribution >= 0.6 is 0 Å². The fourth-order valence-electron chi connectivity index (χ4n) is 2.06. The lowest BCUT2D eigenvalue weighted by molar-refractivity contribution is 0.559. The lowest BCUT2D eigenvalue weighted by atomic mass is 10.1. The van der Waals surface area contributed by atoms with Crippen molar-refractivity contribution in [2.45, 2.75) is 71.1 Å². The van der Waals surface area contributed by atoms with Crippen molar-refractivity contribution in [1.82, 2.24) is 0 Å². The Bertz CT molecular complexity index is 443. The number of hydrogen-bond donors (Lipinski definition) is 1. The van der Waals surface area contributed by atoms with Gasteiger partial charge >= 0.3 is 0 Å². The summed E-state index contributed by atoms with van der Waals surface area (Å²) in [7, 11) is -3.57. The number of unbranched alkanes of at least 4 members (excludes halogenated alkanes) is 9. The summed E-state index contributed by atoms with van der Waals surface area (Å²) in [6.07, 6.45) is 11.3. The molecule has 0 unspecified atom stereocenters. The van der Waals surface area contributed by atoms with E-state index in [2.05, 4.69) is 6.92 Å². The number of nitriles is 1. The predicted molar refractivity (Wildman–Crippen MR) is 82.5 cm³/mol. The minimum absolute atomic E-state index is 0.0434. The Morgan fingerprint density at radius 2 is 1.40 bits per heavy atom. The number of allylic oxidation sites excluding steroid dienone is 1. The van der Waals surface area contributed by atoms with Gasteiger partial charge in [0, 0.05) is 5.87 Å². The zero-order chi connectivity index (χ0) is 15.3. The standard InChI is InChI=1S/C15H26N2O2S/c1-2-3-4-5-6-7-8-9-10-11-12-20(18,19)15(13-16)14-17/h16H,2-12H2,1H3. The molecule has 0 aliphatic heterocycles. The minimum atomic E-state index is -3.57. The van der Waals surface area contributed by atoms with E-state index in [1.165, 1.54) is 44.6 Å². The third-order valence-electron chi connectivity index (χ3n) is 3.29. The van der Waals surface area contributed by atoms with Gasteiger partial charge in [-0.05, 0) is 6.42 Å². The summed E-state index contributed by atoms with van der Waals surface area (Å²) >= 11 is 0. The summed E-state index contributed by atoms with van der Waals surface area (Å²) in [4.78, 5) is -0.548. The molecule has 4 nitrogen and oxygen atoms in total. The monoisotopic (exact) mass is 298 g/mol. The van der Waals surface area contributed by atoms with Crippen LogP contribution in [-0.2, 0) is 9.84 Å². The third-order valence-corrected chi connectivity index (χ3v) is 4.93. The van der Waals surface area contributed by atoms with Crippen molar-refractivity contribution in [2.24, 2.45) is 0 Å². The molecule has 20 heavy (non-hydrogen) atoms. The first-order valence-corrected chi connectivity index (χ1v) is 9.16. The van der Waals surface area contributed by atoms with Crippen molar-refractivity contribution >= 4 is 15.7 Å². The second-order valence-corrected chi connectivity index (χ2v) is 7.11. The van der Waals surface area contributed by atoms with E-state index in [1.807, 2.05) is 0 Å². The van der Waals surface area contributed by atoms with Gasteiger partial charge in [0.15, 0.2) is 9.84 Å². The van der Waals surface area contributed by atoms with Crippen LogP contribution in [0.25, 0.3) is 0 Å². The maximum atomic E-state index is 11.6. The summed E-state index contributed by atoms with van der Waals surface area (Å²) in [6.45, 7) is 2.21. The molecule has 0 aliphatic rings. The van der Waals surface area contributed by atoms with Crippen molar-refractivity contribution in [1.29, 1.82) is 10.7 Å². The molecule has 0 amide bonds. The molecule has 0 radical (unpaired) electrons. The Morgan fingerprint density at radius 3 is 1.80 bits per heavy atom. The highest BCUT2D eigenvalue weighted by atomic mass is 32.2. The van der Waals surface area contributed by atoms with Crippen LogP contribution in [-0.4, -0.2) is 20.0 Å². The Hall–Kier alpha value is -1.11. The topological polar surface area (TPSA) is 81.8 Å². The van der Waals surface area contributed by atoms with Crippen molar-refractivity contribution in [3.05, 3.63) is 4.91 Å². The quantitative estimate of drug-likeness (QED) is 0.336. The number of sulfone groups is 1. The highest BCUT2D eigenvalue weighted by molar-refractivity contribution is 7.95. The van der Waals surface area contributed by atoms with Crippen LogP contribution in [0.5, 0.6) is 0 Å². The number of rotatable bonds is 12. The summed E-state index contributed by atoms with van der Waals surface area (Å²) < 4.78 is 23.2. The molecule has 0 aliphatic carbocycles. The highest BCUT2D eigenvalue weighted by Crippen LogP contribution is 2.12. The molecule has 0 aromatic heterocycles. The summed E-state index contributed by atoms with van der Waals surface area (Å²) in [5, 5.41) is 15.3. The number of hydrogen-bond acceptors (Lipinski definition) is 4. The smallest absolute Gasteiger partial charge is 0.204 e. The zero-order valence-electron chi connectivity index (χ0n) is 12.5. The molecule has 5 heteroatoms. The van der Waals surface area contributed by atoms with Crippen molar-refractivity contribution in [2.75, 3.05) is 5.75 Å². The van der Waals surface area contributed by atoms with Crippen LogP contribution in [0.4, 0.5) is 0 Å². The van der Waals surface area contributed by atoms with Gasteiger partial charge in [-0.2, -0.15) is 5.26 Å². The zero-order valence-corrected chi connectivity index (χ0v) is 13.3. The number of nitrogens with zero attached hydrogens (tertiary/aromatic N) is 1. The molecule has 0 bridgehead atoms. The molecule has 0 saturated heterocycles. The van der Waals surface area contributed by atoms with Crippen molar-refractivity contribution in [3.8, 4) is 6.07 Å². The molecule has 0 rings (SSSR count). The molecule has 0 spiro atoms. The van der Waals surface area contributed by atoms with Crippen LogP contribution in [0, 0.1) is 16.7 Å². The molecule has 0 atom stereocenters. The maximum Gasteiger partial charge on any atom is 0.204 e. The minimum Gasteiger partial charge on any atom is -0.257 e. The Kier molecular flexibility index (Phi) is 11.0. The lowest BCUT2D eigenvalue weighted by Crippen LogP contribution is -2.08. The number of nitrogens with one attached hydrogen (secondary N) is 1. The van der Waals surface area contributed by atoms with Crippen LogP contribution < -0.4 is 0 Å². The first-order chi connectivity index (χ1) is 9.58. The molecule has 0 aromatic rings. The molecule has 0 heterocycles. The van der Waals surface area contributed by atoms with Crippen LogP contribution in [0.15, 0.2) is 4.91 Å². The molecular formula is C15H26N2O2S. The molecule has 1 N–H and O–H groups in total. The first-order valence-electron chi connectivity index (χ1n) is 7.51. The molecule has 114 valence electrons. The second-order valence-electron chi connectivity index (χ2n) is 5.07. The van der Waals surface area contributed by atoms with Gasteiger partial charge in [0.25, 0.3) is 0 Å². The lowest BCUT2D eigenvalue weighted by Gasteiger charge is -2.02. The van der Waals surface area contributed by atoms with Gasteiger partial charge < -0.3 is 0 Å². The third kappa shape index (κ3) is 8.90. The van der Waals surface area contributed by atoms with Gasteiger partial charge in [0.1, 0.15) is 6.07 Å². The fourth-order valence-corrected chi connectivity index (χ4v) is 3.14. The SMILES string of the molecule is CCCCCCCCCCCCS(=O)(=O)C(=C=N)C#N. The molecular weight excluding hydrogens is 272 g/mol. The van der Waals surface area contributed by atoms with Crippen LogP contribution in [0.1, 0.15) is 71.1 Å². The molecule has 0 saturated carbocycles. The van der Waals surface area contributed by atoms with E-state index in [4.69, 9.17) is 10.7 Å². The van der Waals surface area contributed by atoms with Crippen LogP contribution in [0.2, 0.25) is 0 Å². The van der Waals surface area contributed by atoms with Gasteiger partial charge in [0.05, 0.1) is 5.75 Å². The predicted octanol–water partition coefficient (Wildman–Crippen LogP) is 3.98. The van der Waals surface area contributed by atoms with E-state index in [1.54, 1.807) is 5.87 Å². The van der Waals surface area contributed by atoms with E-state index in [0.717, 1.165) is 19.3 Å². The Balaban J connectivity index is 3.59. The summed E-state index contributed by atoms with van der Waals surface area (Å²) in [5.74, 6) is 1.65. The van der Waals surface area contributed by atoms with Gasteiger partial charge in [0.2, 0.25) is 4.91 Å².